The molecule has 0 aliphatic carbocycles. The van der Waals surface area contributed by atoms with E-state index in [0.29, 0.717) is 44.3 Å². The number of carbonyl (C=O) groups is 2. The summed E-state index contributed by atoms with van der Waals surface area (Å²) in [6, 6.07) is 4.48. The average Bonchev–Trinajstić information content (AvgIpc) is 3.10. The number of hydrogen-bond donors (Lipinski definition) is 5. The van der Waals surface area contributed by atoms with E-state index in [1.807, 2.05) is 0 Å². The first kappa shape index (κ1) is 37.8. The Hall–Kier alpha value is -5.90. The van der Waals surface area contributed by atoms with Gasteiger partial charge in [-0.1, -0.05) is 6.07 Å². The number of halogens is 2. The first-order valence-electron chi connectivity index (χ1n) is 17.5. The highest BCUT2D eigenvalue weighted by Crippen LogP contribution is 2.30. The van der Waals surface area contributed by atoms with E-state index >= 15 is 4.39 Å². The minimum absolute atomic E-state index is 0.00488. The fourth-order valence-corrected chi connectivity index (χ4v) is 7.50. The van der Waals surface area contributed by atoms with E-state index in [1.165, 1.54) is 34.8 Å². The van der Waals surface area contributed by atoms with Gasteiger partial charge < -0.3 is 25.7 Å². The van der Waals surface area contributed by atoms with Crippen LogP contribution in [0.3, 0.4) is 0 Å². The van der Waals surface area contributed by atoms with Crippen molar-refractivity contribution in [2.75, 3.05) is 20.2 Å². The van der Waals surface area contributed by atoms with Crippen molar-refractivity contribution in [1.29, 1.82) is 0 Å². The highest BCUT2D eigenvalue weighted by atomic mass is 19.1. The number of nitrogens with zero attached hydrogens (tertiary/aromatic N) is 4. The largest absolute Gasteiger partial charge is 0.394 e. The Balaban J connectivity index is 1.51. The normalized spacial score (nSPS) is 17.1. The molecule has 0 spiro atoms. The first-order valence-corrected chi connectivity index (χ1v) is 17.5. The van der Waals surface area contributed by atoms with Gasteiger partial charge in [-0.05, 0) is 51.5 Å². The van der Waals surface area contributed by atoms with E-state index < -0.39 is 73.2 Å². The molecule has 16 heteroatoms. The number of rotatable bonds is 10. The number of nitrogens with one attached hydrogen (secondary N) is 4. The Kier molecular flexibility index (Phi) is 10.7. The third kappa shape index (κ3) is 7.08. The van der Waals surface area contributed by atoms with Gasteiger partial charge in [-0.15, -0.1) is 0 Å². The lowest BCUT2D eigenvalue weighted by atomic mass is 9.97. The number of H-pyrrole nitrogens is 2. The molecule has 2 unspecified atom stereocenters. The van der Waals surface area contributed by atoms with Crippen LogP contribution < -0.4 is 27.3 Å². The van der Waals surface area contributed by atoms with Crippen LogP contribution >= 0.6 is 0 Å². The molecule has 0 saturated heterocycles. The van der Waals surface area contributed by atoms with Crippen molar-refractivity contribution in [3.63, 3.8) is 0 Å². The van der Waals surface area contributed by atoms with E-state index in [2.05, 4.69) is 30.6 Å². The van der Waals surface area contributed by atoms with E-state index in [4.69, 9.17) is 0 Å². The third-order valence-corrected chi connectivity index (χ3v) is 10.00. The van der Waals surface area contributed by atoms with Crippen LogP contribution in [0.25, 0.3) is 27.5 Å². The molecular formula is C38H41F2N8O6+. The Morgan fingerprint density at radius 3 is 2.33 bits per heavy atom. The van der Waals surface area contributed by atoms with Gasteiger partial charge in [0.1, 0.15) is 13.1 Å². The minimum Gasteiger partial charge on any atom is -0.394 e. The number of aliphatic hydroxyl groups excluding tert-OH is 1. The summed E-state index contributed by atoms with van der Waals surface area (Å²) in [7, 11) is 1.47. The molecule has 0 radical (unpaired) electrons. The number of aryl methyl sites for hydroxylation is 3. The van der Waals surface area contributed by atoms with Crippen LogP contribution in [0.4, 0.5) is 8.78 Å². The predicted octanol–water partition coefficient (Wildman–Crippen LogP) is 1.84. The predicted molar refractivity (Wildman–Crippen MR) is 198 cm³/mol. The number of hydrogen-bond acceptors (Lipinski definition) is 8. The molecule has 5 aromatic heterocycles. The van der Waals surface area contributed by atoms with E-state index in [1.54, 1.807) is 52.0 Å². The van der Waals surface area contributed by atoms with Crippen molar-refractivity contribution in [3.05, 3.63) is 108 Å². The molecule has 6 heterocycles. The van der Waals surface area contributed by atoms with Gasteiger partial charge >= 0.3 is 0 Å². The lowest BCUT2D eigenvalue weighted by Crippen LogP contribution is -2.54. The van der Waals surface area contributed by atoms with Crippen LogP contribution in [0.1, 0.15) is 53.0 Å². The van der Waals surface area contributed by atoms with Gasteiger partial charge in [0.15, 0.2) is 18.9 Å². The summed E-state index contributed by atoms with van der Waals surface area (Å²) in [6.07, 6.45) is -0.145. The molecule has 5 aromatic rings. The fraction of sp³-hybridized carbons (Fsp3) is 0.368. The third-order valence-electron chi connectivity index (χ3n) is 10.00. The Labute approximate surface area is 307 Å². The number of fused-ring (bicyclic) bond motifs is 2. The van der Waals surface area contributed by atoms with Crippen LogP contribution in [0.2, 0.25) is 0 Å². The number of aromatic nitrogens is 5. The van der Waals surface area contributed by atoms with E-state index in [0.717, 1.165) is 0 Å². The van der Waals surface area contributed by atoms with Crippen LogP contribution in [-0.4, -0.2) is 90.3 Å². The molecule has 5 N–H and O–H groups in total. The molecule has 0 aromatic carbocycles. The van der Waals surface area contributed by atoms with Crippen LogP contribution in [0.5, 0.6) is 0 Å². The lowest BCUT2D eigenvalue weighted by Gasteiger charge is -2.25. The van der Waals surface area contributed by atoms with Crippen LogP contribution in [0, 0.1) is 20.8 Å². The number of aliphatic hydroxyl groups is 1. The second-order valence-corrected chi connectivity index (χ2v) is 13.6. The summed E-state index contributed by atoms with van der Waals surface area (Å²) in [4.78, 5) is 82.8. The van der Waals surface area contributed by atoms with Crippen LogP contribution in [0.15, 0.2) is 57.2 Å². The topological polar surface area (TPSA) is 195 Å². The van der Waals surface area contributed by atoms with Gasteiger partial charge in [-0.2, -0.15) is 0 Å². The molecule has 0 bridgehead atoms. The molecule has 6 rings (SSSR count). The summed E-state index contributed by atoms with van der Waals surface area (Å²) in [5.74, 6) is -1.32. The van der Waals surface area contributed by atoms with Crippen molar-refractivity contribution in [3.8, 4) is 5.69 Å². The zero-order valence-electron chi connectivity index (χ0n) is 30.4. The number of amides is 2. The van der Waals surface area contributed by atoms with Crippen LogP contribution in [-0.2, 0) is 22.4 Å². The molecule has 1 aliphatic rings. The second kappa shape index (κ2) is 15.2. The maximum Gasteiger partial charge on any atom is 0.259 e. The van der Waals surface area contributed by atoms with Gasteiger partial charge in [-0.3, -0.25) is 38.5 Å². The maximum atomic E-state index is 15.1. The number of alkyl halides is 2. The highest BCUT2D eigenvalue weighted by Gasteiger charge is 2.39. The Morgan fingerprint density at radius 2 is 1.65 bits per heavy atom. The lowest BCUT2D eigenvalue weighted by molar-refractivity contribution is -0.514. The maximum absolute atomic E-state index is 15.1. The smallest absolute Gasteiger partial charge is 0.259 e. The van der Waals surface area contributed by atoms with E-state index in [9.17, 15) is 33.5 Å². The van der Waals surface area contributed by atoms with Gasteiger partial charge in [0.2, 0.25) is 17.5 Å². The van der Waals surface area contributed by atoms with E-state index in [-0.39, 0.29) is 34.6 Å². The van der Waals surface area contributed by atoms with Crippen molar-refractivity contribution in [1.82, 2.24) is 35.1 Å². The summed E-state index contributed by atoms with van der Waals surface area (Å²) in [5.41, 5.74) is 0.734. The molecule has 0 fully saturated rings. The number of carbonyl (C=O) groups excluding carboxylic acids is 2. The quantitative estimate of drug-likeness (QED) is 0.134. The molecule has 0 saturated carbocycles. The number of pyridine rings is 5. The SMILES string of the molecule is Cc1nccc2[nH]c(=O)c(CC(=O)N[C@H](CO)C3=[N+](C)CC(F)CC3F)c(-n3c(=O)c(CC(=O)N[C@H](C)c4ccc[nH]c4=O)c(C)c4c(C)nccc43)c12. The zero-order chi connectivity index (χ0) is 39.0. The molecular weight excluding hydrogens is 702 g/mol. The number of aromatic amines is 2. The summed E-state index contributed by atoms with van der Waals surface area (Å²) in [6.45, 7) is 5.96. The molecule has 2 amide bonds. The monoisotopic (exact) mass is 743 g/mol. The minimum atomic E-state index is -1.76. The van der Waals surface area contributed by atoms with Gasteiger partial charge in [0, 0.05) is 58.3 Å². The Morgan fingerprint density at radius 1 is 0.981 bits per heavy atom. The Bertz CT molecular complexity index is 2530. The van der Waals surface area contributed by atoms with Crippen molar-refractivity contribution < 1.29 is 28.1 Å². The summed E-state index contributed by atoms with van der Waals surface area (Å²) >= 11 is 0. The van der Waals surface area contributed by atoms with Gasteiger partial charge in [0.25, 0.3) is 16.7 Å². The average molecular weight is 744 g/mol. The fourth-order valence-electron chi connectivity index (χ4n) is 7.50. The molecule has 4 atom stereocenters. The molecule has 54 heavy (non-hydrogen) atoms. The van der Waals surface area contributed by atoms with Crippen molar-refractivity contribution in [2.24, 2.45) is 0 Å². The highest BCUT2D eigenvalue weighted by molar-refractivity contribution is 5.97. The second-order valence-electron chi connectivity index (χ2n) is 13.6. The molecule has 14 nitrogen and oxygen atoms in total. The van der Waals surface area contributed by atoms with Crippen molar-refractivity contribution >= 4 is 39.3 Å². The van der Waals surface area contributed by atoms with Crippen molar-refractivity contribution in [2.45, 2.75) is 71.4 Å². The summed E-state index contributed by atoms with van der Waals surface area (Å²) in [5, 5.41) is 16.5. The molecule has 1 aliphatic heterocycles. The molecule has 282 valence electrons. The zero-order valence-corrected chi connectivity index (χ0v) is 30.4. The summed E-state index contributed by atoms with van der Waals surface area (Å²) < 4.78 is 31.8. The van der Waals surface area contributed by atoms with Gasteiger partial charge in [0.05, 0.1) is 47.8 Å². The standard InChI is InChI=1S/C38H40F2N8O6/c1-18-24(14-30(50)44-19(2)23-7-6-10-43-36(23)52)38(54)48(29-9-12-42-20(3)32(18)29)34-25(37(53)46-27-8-11-41-21(4)33(27)34)15-31(51)45-28(17-49)35-26(40)13-22(39)16-47(35)5/h6-12,19,22,26,28,49H,13-17H2,1-5H3,(H3-,41,43,44,45,46,50,51,52,53)/p+1/t19-,22?,26?,28-/m1/s1. The van der Waals surface area contributed by atoms with Gasteiger partial charge in [-0.25, -0.2) is 13.4 Å². The first-order chi connectivity index (χ1) is 25.7.